The molecule has 0 heterocycles. The monoisotopic (exact) mass is 294 g/mol. The van der Waals surface area contributed by atoms with Crippen LogP contribution >= 0.6 is 0 Å². The zero-order chi connectivity index (χ0) is 15.6. The summed E-state index contributed by atoms with van der Waals surface area (Å²) in [5, 5.41) is 3.62. The molecule has 0 aromatic rings. The van der Waals surface area contributed by atoms with E-state index in [-0.39, 0.29) is 0 Å². The summed E-state index contributed by atoms with van der Waals surface area (Å²) in [6, 6.07) is 2.22. The molecule has 2 aliphatic carbocycles. The summed E-state index contributed by atoms with van der Waals surface area (Å²) in [5.74, 6) is 1.79. The van der Waals surface area contributed by atoms with E-state index in [2.05, 4.69) is 52.0 Å². The van der Waals surface area contributed by atoms with Crippen LogP contribution in [0.5, 0.6) is 0 Å². The molecule has 0 aromatic carbocycles. The first-order chi connectivity index (χ1) is 9.82. The van der Waals surface area contributed by atoms with Crippen molar-refractivity contribution < 1.29 is 0 Å². The lowest BCUT2D eigenvalue weighted by atomic mass is 9.69. The molecule has 5 unspecified atom stereocenters. The maximum atomic E-state index is 3.62. The standard InChI is InChI=1S/C19H38N2/c1-14-8-7-9-16(12-14)21(6)18-13-15(19(2,3)4)10-11-17(18)20-5/h14-18,20H,7-13H2,1-6H3. The van der Waals surface area contributed by atoms with Crippen LogP contribution in [0, 0.1) is 17.3 Å². The van der Waals surface area contributed by atoms with Crippen molar-refractivity contribution in [2.75, 3.05) is 14.1 Å². The largest absolute Gasteiger partial charge is 0.315 e. The Labute approximate surface area is 133 Å². The molecule has 0 amide bonds. The second-order valence-electron chi connectivity index (χ2n) is 8.93. The molecular formula is C19H38N2. The summed E-state index contributed by atoms with van der Waals surface area (Å²) >= 11 is 0. The van der Waals surface area contributed by atoms with Gasteiger partial charge in [-0.3, -0.25) is 4.90 Å². The van der Waals surface area contributed by atoms with Crippen LogP contribution in [0.4, 0.5) is 0 Å². The number of nitrogens with one attached hydrogen (secondary N) is 1. The van der Waals surface area contributed by atoms with Crippen molar-refractivity contribution in [3.63, 3.8) is 0 Å². The summed E-state index contributed by atoms with van der Waals surface area (Å²) in [6.07, 6.45) is 9.79. The Hall–Kier alpha value is -0.0800. The molecule has 2 fully saturated rings. The summed E-state index contributed by atoms with van der Waals surface area (Å²) < 4.78 is 0. The molecule has 0 radical (unpaired) electrons. The molecule has 21 heavy (non-hydrogen) atoms. The van der Waals surface area contributed by atoms with Crippen LogP contribution in [-0.4, -0.2) is 37.1 Å². The normalized spacial score (nSPS) is 38.7. The fourth-order valence-electron chi connectivity index (χ4n) is 4.76. The van der Waals surface area contributed by atoms with Gasteiger partial charge in [-0.05, 0) is 63.5 Å². The van der Waals surface area contributed by atoms with E-state index in [0.29, 0.717) is 11.5 Å². The van der Waals surface area contributed by atoms with Gasteiger partial charge in [-0.15, -0.1) is 0 Å². The topological polar surface area (TPSA) is 15.3 Å². The van der Waals surface area contributed by atoms with Crippen molar-refractivity contribution in [2.24, 2.45) is 17.3 Å². The van der Waals surface area contributed by atoms with Gasteiger partial charge < -0.3 is 5.32 Å². The minimum Gasteiger partial charge on any atom is -0.315 e. The van der Waals surface area contributed by atoms with Gasteiger partial charge in [-0.25, -0.2) is 0 Å². The van der Waals surface area contributed by atoms with Crippen molar-refractivity contribution in [3.8, 4) is 0 Å². The minimum absolute atomic E-state index is 0.456. The molecule has 2 heteroatoms. The van der Waals surface area contributed by atoms with E-state index in [1.54, 1.807) is 0 Å². The first kappa shape index (κ1) is 17.3. The summed E-state index contributed by atoms with van der Waals surface area (Å²) in [4.78, 5) is 2.76. The Morgan fingerprint density at radius 1 is 1.00 bits per heavy atom. The predicted octanol–water partition coefficient (Wildman–Crippen LogP) is 4.30. The lowest BCUT2D eigenvalue weighted by molar-refractivity contribution is 0.0350. The molecule has 2 rings (SSSR count). The molecule has 2 nitrogen and oxygen atoms in total. The van der Waals surface area contributed by atoms with Crippen LogP contribution in [0.2, 0.25) is 0 Å². The Morgan fingerprint density at radius 3 is 2.29 bits per heavy atom. The number of hydrogen-bond acceptors (Lipinski definition) is 2. The van der Waals surface area contributed by atoms with Crippen molar-refractivity contribution in [2.45, 2.75) is 90.8 Å². The van der Waals surface area contributed by atoms with Crippen LogP contribution < -0.4 is 5.32 Å². The molecule has 0 bridgehead atoms. The van der Waals surface area contributed by atoms with Gasteiger partial charge >= 0.3 is 0 Å². The highest BCUT2D eigenvalue weighted by atomic mass is 15.2. The number of rotatable bonds is 3. The van der Waals surface area contributed by atoms with E-state index in [4.69, 9.17) is 0 Å². The third-order valence-electron chi connectivity index (χ3n) is 6.42. The van der Waals surface area contributed by atoms with Crippen LogP contribution in [0.25, 0.3) is 0 Å². The van der Waals surface area contributed by atoms with Gasteiger partial charge in [0.1, 0.15) is 0 Å². The number of hydrogen-bond donors (Lipinski definition) is 1. The van der Waals surface area contributed by atoms with Gasteiger partial charge in [0.25, 0.3) is 0 Å². The summed E-state index contributed by atoms with van der Waals surface area (Å²) in [5.41, 5.74) is 0.456. The summed E-state index contributed by atoms with van der Waals surface area (Å²) in [6.45, 7) is 9.72. The maximum absolute atomic E-state index is 3.62. The van der Waals surface area contributed by atoms with Gasteiger partial charge in [0.2, 0.25) is 0 Å². The average Bonchev–Trinajstić information content (AvgIpc) is 2.44. The Morgan fingerprint density at radius 2 is 1.71 bits per heavy atom. The van der Waals surface area contributed by atoms with Crippen molar-refractivity contribution in [3.05, 3.63) is 0 Å². The summed E-state index contributed by atoms with van der Waals surface area (Å²) in [7, 11) is 4.56. The fraction of sp³-hybridized carbons (Fsp3) is 1.00. The molecule has 2 aliphatic rings. The van der Waals surface area contributed by atoms with Crippen molar-refractivity contribution in [1.29, 1.82) is 0 Å². The van der Waals surface area contributed by atoms with Crippen LogP contribution in [0.3, 0.4) is 0 Å². The lowest BCUT2D eigenvalue weighted by Crippen LogP contribution is -2.55. The molecule has 2 saturated carbocycles. The van der Waals surface area contributed by atoms with E-state index in [1.165, 1.54) is 44.9 Å². The Kier molecular flexibility index (Phi) is 5.76. The smallest absolute Gasteiger partial charge is 0.0251 e. The quantitative estimate of drug-likeness (QED) is 0.835. The Bertz CT molecular complexity index is 320. The number of nitrogens with zero attached hydrogens (tertiary/aromatic N) is 1. The molecule has 0 saturated heterocycles. The molecule has 1 N–H and O–H groups in total. The van der Waals surface area contributed by atoms with E-state index in [9.17, 15) is 0 Å². The van der Waals surface area contributed by atoms with E-state index < -0.39 is 0 Å². The molecule has 0 spiro atoms. The number of likely N-dealkylation sites (N-methyl/N-ethyl adjacent to an activating group) is 2. The molecular weight excluding hydrogens is 256 g/mol. The van der Waals surface area contributed by atoms with Gasteiger partial charge in [-0.2, -0.15) is 0 Å². The maximum Gasteiger partial charge on any atom is 0.0251 e. The highest BCUT2D eigenvalue weighted by Crippen LogP contribution is 2.40. The first-order valence-electron chi connectivity index (χ1n) is 9.22. The van der Waals surface area contributed by atoms with E-state index in [0.717, 1.165) is 23.9 Å². The zero-order valence-electron chi connectivity index (χ0n) is 15.3. The van der Waals surface area contributed by atoms with Crippen molar-refractivity contribution >= 4 is 0 Å². The predicted molar refractivity (Wildman–Crippen MR) is 92.6 cm³/mol. The minimum atomic E-state index is 0.456. The zero-order valence-corrected chi connectivity index (χ0v) is 15.3. The fourth-order valence-corrected chi connectivity index (χ4v) is 4.76. The molecule has 0 aromatic heterocycles. The lowest BCUT2D eigenvalue weighted by Gasteiger charge is -2.48. The molecule has 0 aliphatic heterocycles. The third kappa shape index (κ3) is 4.22. The van der Waals surface area contributed by atoms with Crippen LogP contribution in [0.1, 0.15) is 72.6 Å². The third-order valence-corrected chi connectivity index (χ3v) is 6.42. The van der Waals surface area contributed by atoms with Crippen LogP contribution in [-0.2, 0) is 0 Å². The second-order valence-corrected chi connectivity index (χ2v) is 8.93. The SMILES string of the molecule is CNC1CCC(C(C)(C)C)CC1N(C)C1CCCC(C)C1. The highest BCUT2D eigenvalue weighted by molar-refractivity contribution is 4.95. The molecule has 5 atom stereocenters. The van der Waals surface area contributed by atoms with E-state index in [1.807, 2.05) is 0 Å². The molecule has 124 valence electrons. The Balaban J connectivity index is 2.05. The van der Waals surface area contributed by atoms with E-state index >= 15 is 0 Å². The van der Waals surface area contributed by atoms with Crippen LogP contribution in [0.15, 0.2) is 0 Å². The van der Waals surface area contributed by atoms with Gasteiger partial charge in [-0.1, -0.05) is 40.5 Å². The van der Waals surface area contributed by atoms with Gasteiger partial charge in [0, 0.05) is 18.1 Å². The first-order valence-corrected chi connectivity index (χ1v) is 9.22. The second kappa shape index (κ2) is 7.00. The average molecular weight is 295 g/mol. The van der Waals surface area contributed by atoms with Crippen molar-refractivity contribution in [1.82, 2.24) is 10.2 Å². The van der Waals surface area contributed by atoms with Gasteiger partial charge in [0.15, 0.2) is 0 Å². The van der Waals surface area contributed by atoms with Gasteiger partial charge in [0.05, 0.1) is 0 Å². The highest BCUT2D eigenvalue weighted by Gasteiger charge is 2.39.